The summed E-state index contributed by atoms with van der Waals surface area (Å²) < 4.78 is 0. The van der Waals surface area contributed by atoms with Crippen molar-refractivity contribution in [3.05, 3.63) is 71.8 Å². The van der Waals surface area contributed by atoms with Gasteiger partial charge < -0.3 is 22.3 Å². The maximum Gasteiger partial charge on any atom is 0.320 e. The van der Waals surface area contributed by atoms with Crippen molar-refractivity contribution in [2.24, 2.45) is 17.2 Å². The molecule has 0 fully saturated rings. The summed E-state index contributed by atoms with van der Waals surface area (Å²) in [6, 6.07) is 17.5. The monoisotopic (exact) mass is 329 g/mol. The lowest BCUT2D eigenvalue weighted by Crippen LogP contribution is -2.38. The molecule has 0 radical (unpaired) electrons. The largest absolute Gasteiger partial charge is 0.480 e. The molecule has 2 unspecified atom stereocenters. The number of nitrogens with two attached hydrogens (primary N) is 3. The zero-order valence-corrected chi connectivity index (χ0v) is 13.3. The molecule has 128 valence electrons. The van der Waals surface area contributed by atoms with Crippen molar-refractivity contribution in [1.29, 1.82) is 0 Å². The molecule has 0 spiro atoms. The molecule has 2 aromatic carbocycles. The average Bonchev–Trinajstić information content (AvgIpc) is 2.57. The number of hydrogen-bond donors (Lipinski definition) is 4. The molecule has 2 aromatic rings. The predicted molar refractivity (Wildman–Crippen MR) is 93.1 cm³/mol. The fourth-order valence-electron chi connectivity index (χ4n) is 1.92. The Hall–Kier alpha value is -2.70. The molecule has 0 saturated heterocycles. The highest BCUT2D eigenvalue weighted by atomic mass is 16.4. The normalized spacial score (nSPS) is 12.4. The third-order valence-electron chi connectivity index (χ3n) is 3.28. The Balaban J connectivity index is 0.000000240. The first-order valence-electron chi connectivity index (χ1n) is 7.51. The van der Waals surface area contributed by atoms with Gasteiger partial charge in [0.1, 0.15) is 6.04 Å². The predicted octanol–water partition coefficient (Wildman–Crippen LogP) is 0.683. The number of rotatable bonds is 6. The van der Waals surface area contributed by atoms with Gasteiger partial charge in [0.25, 0.3) is 0 Å². The first-order valence-corrected chi connectivity index (χ1v) is 7.51. The summed E-state index contributed by atoms with van der Waals surface area (Å²) >= 11 is 0. The first kappa shape index (κ1) is 19.3. The minimum atomic E-state index is -0.959. The van der Waals surface area contributed by atoms with Crippen molar-refractivity contribution in [2.75, 3.05) is 0 Å². The summed E-state index contributed by atoms with van der Waals surface area (Å²) in [4.78, 5) is 21.0. The van der Waals surface area contributed by atoms with Crippen LogP contribution in [-0.4, -0.2) is 29.1 Å². The number of benzene rings is 2. The topological polar surface area (TPSA) is 132 Å². The van der Waals surface area contributed by atoms with Crippen molar-refractivity contribution in [2.45, 2.75) is 24.9 Å². The Morgan fingerprint density at radius 3 is 1.50 bits per heavy atom. The molecule has 6 nitrogen and oxygen atoms in total. The van der Waals surface area contributed by atoms with Crippen LogP contribution in [0.2, 0.25) is 0 Å². The summed E-state index contributed by atoms with van der Waals surface area (Å²) in [5, 5.41) is 8.52. The van der Waals surface area contributed by atoms with Crippen molar-refractivity contribution in [3.8, 4) is 0 Å². The number of carbonyl (C=O) groups is 2. The van der Waals surface area contributed by atoms with E-state index in [0.717, 1.165) is 11.1 Å². The van der Waals surface area contributed by atoms with Gasteiger partial charge in [-0.25, -0.2) is 0 Å². The van der Waals surface area contributed by atoms with Gasteiger partial charge in [-0.3, -0.25) is 9.59 Å². The van der Waals surface area contributed by atoms with Crippen molar-refractivity contribution < 1.29 is 14.7 Å². The smallest absolute Gasteiger partial charge is 0.320 e. The molecule has 0 saturated carbocycles. The number of carboxylic acid groups (broad SMARTS) is 1. The van der Waals surface area contributed by atoms with Gasteiger partial charge in [0, 0.05) is 0 Å². The third-order valence-corrected chi connectivity index (χ3v) is 3.28. The molecule has 0 aliphatic heterocycles. The van der Waals surface area contributed by atoms with Gasteiger partial charge in [-0.1, -0.05) is 60.7 Å². The highest BCUT2D eigenvalue weighted by Crippen LogP contribution is 2.02. The van der Waals surface area contributed by atoms with E-state index >= 15 is 0 Å². The number of hydrogen-bond acceptors (Lipinski definition) is 4. The van der Waals surface area contributed by atoms with Crippen LogP contribution in [0.15, 0.2) is 60.7 Å². The minimum Gasteiger partial charge on any atom is -0.480 e. The molecule has 0 heterocycles. The van der Waals surface area contributed by atoms with Crippen LogP contribution in [0.5, 0.6) is 0 Å². The Kier molecular flexibility index (Phi) is 8.18. The molecule has 0 aliphatic carbocycles. The number of amides is 1. The van der Waals surface area contributed by atoms with Gasteiger partial charge in [-0.15, -0.1) is 0 Å². The molecule has 0 aliphatic rings. The van der Waals surface area contributed by atoms with E-state index in [1.165, 1.54) is 0 Å². The van der Waals surface area contributed by atoms with E-state index in [0.29, 0.717) is 12.8 Å². The van der Waals surface area contributed by atoms with Crippen LogP contribution in [0.3, 0.4) is 0 Å². The van der Waals surface area contributed by atoms with Crippen molar-refractivity contribution in [1.82, 2.24) is 0 Å². The van der Waals surface area contributed by atoms with Crippen LogP contribution in [0.25, 0.3) is 0 Å². The van der Waals surface area contributed by atoms with Crippen LogP contribution in [0.4, 0.5) is 0 Å². The first-order chi connectivity index (χ1) is 11.4. The average molecular weight is 329 g/mol. The lowest BCUT2D eigenvalue weighted by molar-refractivity contribution is -0.138. The Morgan fingerprint density at radius 1 is 0.792 bits per heavy atom. The second-order valence-electron chi connectivity index (χ2n) is 5.33. The molecule has 7 N–H and O–H groups in total. The van der Waals surface area contributed by atoms with E-state index in [4.69, 9.17) is 22.3 Å². The van der Waals surface area contributed by atoms with Gasteiger partial charge >= 0.3 is 5.97 Å². The molecule has 0 aromatic heterocycles. The Labute approximate surface area is 141 Å². The molecule has 2 rings (SSSR count). The highest BCUT2D eigenvalue weighted by molar-refractivity contribution is 5.79. The second-order valence-corrected chi connectivity index (χ2v) is 5.33. The molecule has 2 atom stereocenters. The fraction of sp³-hybridized carbons (Fsp3) is 0.222. The quantitative estimate of drug-likeness (QED) is 0.618. The number of carbonyl (C=O) groups excluding carboxylic acids is 1. The minimum absolute atomic E-state index is 0.385. The van der Waals surface area contributed by atoms with Crippen molar-refractivity contribution >= 4 is 11.9 Å². The fourth-order valence-corrected chi connectivity index (χ4v) is 1.92. The van der Waals surface area contributed by atoms with Gasteiger partial charge in [0.05, 0.1) is 6.04 Å². The van der Waals surface area contributed by atoms with Crippen LogP contribution >= 0.6 is 0 Å². The van der Waals surface area contributed by atoms with Gasteiger partial charge in [-0.2, -0.15) is 0 Å². The van der Waals surface area contributed by atoms with E-state index in [-0.39, 0.29) is 0 Å². The van der Waals surface area contributed by atoms with Gasteiger partial charge in [0.15, 0.2) is 0 Å². The highest BCUT2D eigenvalue weighted by Gasteiger charge is 2.11. The third kappa shape index (κ3) is 7.53. The molecule has 0 bridgehead atoms. The SMILES string of the molecule is NC(=O)C(N)Cc1ccccc1.NC(Cc1ccccc1)C(=O)O. The van der Waals surface area contributed by atoms with Crippen LogP contribution in [-0.2, 0) is 22.4 Å². The molecular weight excluding hydrogens is 306 g/mol. The molecule has 24 heavy (non-hydrogen) atoms. The molecular formula is C18H23N3O3. The van der Waals surface area contributed by atoms with Crippen LogP contribution in [0, 0.1) is 0 Å². The van der Waals surface area contributed by atoms with E-state index in [2.05, 4.69) is 0 Å². The van der Waals surface area contributed by atoms with E-state index in [9.17, 15) is 9.59 Å². The number of primary amides is 1. The summed E-state index contributed by atoms with van der Waals surface area (Å²) in [5.74, 6) is -1.42. The van der Waals surface area contributed by atoms with E-state index in [1.54, 1.807) is 0 Å². The van der Waals surface area contributed by atoms with Crippen LogP contribution < -0.4 is 17.2 Å². The lowest BCUT2D eigenvalue weighted by atomic mass is 10.1. The van der Waals surface area contributed by atoms with Crippen molar-refractivity contribution in [3.63, 3.8) is 0 Å². The lowest BCUT2D eigenvalue weighted by Gasteiger charge is -2.06. The van der Waals surface area contributed by atoms with Gasteiger partial charge in [-0.05, 0) is 24.0 Å². The zero-order chi connectivity index (χ0) is 17.9. The Morgan fingerprint density at radius 2 is 1.17 bits per heavy atom. The Bertz CT molecular complexity index is 575. The summed E-state index contributed by atoms with van der Waals surface area (Å²) in [5.41, 5.74) is 17.8. The maximum atomic E-state index is 10.6. The number of aliphatic carboxylic acids is 1. The zero-order valence-electron chi connectivity index (χ0n) is 13.3. The molecule has 1 amide bonds. The summed E-state index contributed by atoms with van der Waals surface area (Å²) in [6.45, 7) is 0. The second kappa shape index (κ2) is 10.1. The van der Waals surface area contributed by atoms with E-state index in [1.807, 2.05) is 60.7 Å². The standard InChI is InChI=1S/C9H12N2O.C9H11NO2/c2*10-8(9(11)12)6-7-4-2-1-3-5-7/h1-5,8H,6,10H2,(H2,11,12);1-5,8H,6,10H2,(H,11,12). The maximum absolute atomic E-state index is 10.6. The summed E-state index contributed by atoms with van der Waals surface area (Å²) in [7, 11) is 0. The van der Waals surface area contributed by atoms with E-state index < -0.39 is 24.0 Å². The summed E-state index contributed by atoms with van der Waals surface area (Å²) in [6.07, 6.45) is 0.895. The van der Waals surface area contributed by atoms with Gasteiger partial charge in [0.2, 0.25) is 5.91 Å². The molecule has 6 heteroatoms. The number of carboxylic acids is 1. The van der Waals surface area contributed by atoms with Crippen LogP contribution in [0.1, 0.15) is 11.1 Å².